The van der Waals surface area contributed by atoms with E-state index in [4.69, 9.17) is 5.11 Å². The minimum Gasteiger partial charge on any atom is -0.395 e. The lowest BCUT2D eigenvalue weighted by atomic mass is 10.3. The minimum absolute atomic E-state index is 0.125. The largest absolute Gasteiger partial charge is 0.395 e. The second kappa shape index (κ2) is 7.06. The summed E-state index contributed by atoms with van der Waals surface area (Å²) in [5.41, 5.74) is 0. The van der Waals surface area contributed by atoms with E-state index in [-0.39, 0.29) is 6.61 Å². The van der Waals surface area contributed by atoms with Crippen LogP contribution in [0.25, 0.3) is 0 Å². The van der Waals surface area contributed by atoms with Crippen LogP contribution in [0.4, 0.5) is 11.6 Å². The van der Waals surface area contributed by atoms with Gasteiger partial charge in [0.1, 0.15) is 17.5 Å². The van der Waals surface area contributed by atoms with Gasteiger partial charge in [0, 0.05) is 32.6 Å². The van der Waals surface area contributed by atoms with Crippen LogP contribution >= 0.6 is 0 Å². The molecule has 0 spiro atoms. The van der Waals surface area contributed by atoms with Crippen molar-refractivity contribution in [2.24, 2.45) is 0 Å². The summed E-state index contributed by atoms with van der Waals surface area (Å²) in [6.45, 7) is 5.69. The first-order valence-electron chi connectivity index (χ1n) is 6.15. The predicted molar refractivity (Wildman–Crippen MR) is 70.5 cm³/mol. The van der Waals surface area contributed by atoms with Gasteiger partial charge in [0.2, 0.25) is 0 Å². The summed E-state index contributed by atoms with van der Waals surface area (Å²) in [7, 11) is 1.92. The fourth-order valence-electron chi connectivity index (χ4n) is 1.55. The van der Waals surface area contributed by atoms with Crippen molar-refractivity contribution in [1.82, 2.24) is 9.97 Å². The van der Waals surface area contributed by atoms with E-state index in [1.807, 2.05) is 24.9 Å². The Morgan fingerprint density at radius 1 is 1.35 bits per heavy atom. The van der Waals surface area contributed by atoms with Crippen LogP contribution in [0.1, 0.15) is 26.1 Å². The van der Waals surface area contributed by atoms with Crippen molar-refractivity contribution >= 4 is 11.6 Å². The highest BCUT2D eigenvalue weighted by atomic mass is 16.3. The second-order valence-corrected chi connectivity index (χ2v) is 3.95. The topological polar surface area (TPSA) is 61.3 Å². The molecule has 0 bridgehead atoms. The number of aryl methyl sites for hydroxylation is 1. The molecule has 0 aliphatic heterocycles. The maximum Gasteiger partial charge on any atom is 0.134 e. The number of anilines is 2. The van der Waals surface area contributed by atoms with Crippen molar-refractivity contribution in [1.29, 1.82) is 0 Å². The van der Waals surface area contributed by atoms with Gasteiger partial charge in [-0.05, 0) is 13.3 Å². The fourth-order valence-corrected chi connectivity index (χ4v) is 1.55. The molecule has 5 nitrogen and oxygen atoms in total. The third-order valence-electron chi connectivity index (χ3n) is 2.42. The van der Waals surface area contributed by atoms with Gasteiger partial charge < -0.3 is 15.3 Å². The zero-order valence-corrected chi connectivity index (χ0v) is 10.9. The number of aromatic nitrogens is 2. The Morgan fingerprint density at radius 3 is 2.71 bits per heavy atom. The van der Waals surface area contributed by atoms with E-state index < -0.39 is 0 Å². The Morgan fingerprint density at radius 2 is 2.12 bits per heavy atom. The number of nitrogens with one attached hydrogen (secondary N) is 1. The molecule has 2 N–H and O–H groups in total. The number of hydrogen-bond acceptors (Lipinski definition) is 5. The smallest absolute Gasteiger partial charge is 0.134 e. The zero-order chi connectivity index (χ0) is 12.7. The van der Waals surface area contributed by atoms with E-state index in [1.54, 1.807) is 0 Å². The molecule has 1 heterocycles. The van der Waals surface area contributed by atoms with Gasteiger partial charge in [-0.25, -0.2) is 9.97 Å². The Balaban J connectivity index is 2.93. The Kier molecular flexibility index (Phi) is 5.69. The summed E-state index contributed by atoms with van der Waals surface area (Å²) in [6.07, 6.45) is 1.90. The maximum atomic E-state index is 8.94. The molecule has 17 heavy (non-hydrogen) atoms. The van der Waals surface area contributed by atoms with Gasteiger partial charge in [-0.15, -0.1) is 0 Å². The van der Waals surface area contributed by atoms with E-state index in [1.165, 1.54) is 0 Å². The van der Waals surface area contributed by atoms with Crippen LogP contribution in [0.5, 0.6) is 0 Å². The Bertz CT molecular complexity index is 319. The minimum atomic E-state index is 0.125. The molecular weight excluding hydrogens is 216 g/mol. The highest BCUT2D eigenvalue weighted by molar-refractivity contribution is 5.49. The van der Waals surface area contributed by atoms with Crippen LogP contribution < -0.4 is 10.2 Å². The van der Waals surface area contributed by atoms with Crippen LogP contribution in [0.3, 0.4) is 0 Å². The molecule has 1 aromatic heterocycles. The highest BCUT2D eigenvalue weighted by Crippen LogP contribution is 2.15. The van der Waals surface area contributed by atoms with Crippen LogP contribution in [0, 0.1) is 0 Å². The molecule has 0 aliphatic carbocycles. The average Bonchev–Trinajstić information content (AvgIpc) is 2.30. The van der Waals surface area contributed by atoms with Crippen molar-refractivity contribution in [3.63, 3.8) is 0 Å². The summed E-state index contributed by atoms with van der Waals surface area (Å²) < 4.78 is 0. The number of nitrogens with zero attached hydrogens (tertiary/aromatic N) is 3. The van der Waals surface area contributed by atoms with E-state index >= 15 is 0 Å². The average molecular weight is 238 g/mol. The summed E-state index contributed by atoms with van der Waals surface area (Å²) in [6, 6.07) is 1.92. The summed E-state index contributed by atoms with van der Waals surface area (Å²) in [4.78, 5) is 10.9. The molecule has 0 saturated heterocycles. The van der Waals surface area contributed by atoms with E-state index in [0.717, 1.165) is 36.8 Å². The zero-order valence-electron chi connectivity index (χ0n) is 10.9. The molecule has 1 aromatic rings. The third-order valence-corrected chi connectivity index (χ3v) is 2.42. The molecule has 5 heteroatoms. The van der Waals surface area contributed by atoms with Crippen LogP contribution in [-0.2, 0) is 6.42 Å². The highest BCUT2D eigenvalue weighted by Gasteiger charge is 2.07. The van der Waals surface area contributed by atoms with Crippen LogP contribution in [0.2, 0.25) is 0 Å². The summed E-state index contributed by atoms with van der Waals surface area (Å²) in [5, 5.41) is 12.1. The van der Waals surface area contributed by atoms with Crippen molar-refractivity contribution in [3.05, 3.63) is 11.9 Å². The number of hydrogen-bond donors (Lipinski definition) is 2. The van der Waals surface area contributed by atoms with Gasteiger partial charge in [-0.2, -0.15) is 0 Å². The molecule has 0 amide bonds. The summed E-state index contributed by atoms with van der Waals surface area (Å²) >= 11 is 0. The first-order valence-corrected chi connectivity index (χ1v) is 6.15. The number of aliphatic hydroxyl groups is 1. The van der Waals surface area contributed by atoms with E-state index in [2.05, 4.69) is 22.2 Å². The molecule has 1 rings (SSSR count). The standard InChI is InChI=1S/C12H22N4O/c1-4-6-10-14-11(13-5-2)9-12(15-10)16(3)7-8-17/h9,17H,4-8H2,1-3H3,(H,13,14,15). The number of rotatable bonds is 7. The molecule has 0 radical (unpaired) electrons. The molecule has 0 atom stereocenters. The molecule has 0 unspecified atom stereocenters. The van der Waals surface area contributed by atoms with Crippen LogP contribution in [-0.4, -0.2) is 41.8 Å². The first-order chi connectivity index (χ1) is 8.21. The van der Waals surface area contributed by atoms with E-state index in [9.17, 15) is 0 Å². The maximum absolute atomic E-state index is 8.94. The number of aliphatic hydroxyl groups excluding tert-OH is 1. The van der Waals surface area contributed by atoms with Gasteiger partial charge in [0.25, 0.3) is 0 Å². The first kappa shape index (κ1) is 13.7. The van der Waals surface area contributed by atoms with Gasteiger partial charge in [-0.3, -0.25) is 0 Å². The normalized spacial score (nSPS) is 10.4. The number of likely N-dealkylation sites (N-methyl/N-ethyl adjacent to an activating group) is 1. The van der Waals surface area contributed by atoms with Gasteiger partial charge in [0.15, 0.2) is 0 Å². The Hall–Kier alpha value is -1.36. The SMILES string of the molecule is CCCc1nc(NCC)cc(N(C)CCO)n1. The summed E-state index contributed by atoms with van der Waals surface area (Å²) in [5.74, 6) is 2.56. The van der Waals surface area contributed by atoms with Crippen molar-refractivity contribution < 1.29 is 5.11 Å². The molecule has 0 aromatic carbocycles. The predicted octanol–water partition coefficient (Wildman–Crippen LogP) is 1.29. The van der Waals surface area contributed by atoms with E-state index in [0.29, 0.717) is 6.54 Å². The van der Waals surface area contributed by atoms with Crippen molar-refractivity contribution in [2.45, 2.75) is 26.7 Å². The van der Waals surface area contributed by atoms with Gasteiger partial charge in [0.05, 0.1) is 6.61 Å². The van der Waals surface area contributed by atoms with Crippen molar-refractivity contribution in [3.8, 4) is 0 Å². The quantitative estimate of drug-likeness (QED) is 0.749. The van der Waals surface area contributed by atoms with Gasteiger partial charge >= 0.3 is 0 Å². The molecular formula is C12H22N4O. The molecule has 0 aliphatic rings. The lowest BCUT2D eigenvalue weighted by Crippen LogP contribution is -2.23. The molecule has 0 fully saturated rings. The second-order valence-electron chi connectivity index (χ2n) is 3.95. The fraction of sp³-hybridized carbons (Fsp3) is 0.667. The lowest BCUT2D eigenvalue weighted by Gasteiger charge is -2.18. The monoisotopic (exact) mass is 238 g/mol. The molecule has 96 valence electrons. The van der Waals surface area contributed by atoms with Crippen LogP contribution in [0.15, 0.2) is 6.07 Å². The van der Waals surface area contributed by atoms with Gasteiger partial charge in [-0.1, -0.05) is 6.92 Å². The third kappa shape index (κ3) is 4.19. The lowest BCUT2D eigenvalue weighted by molar-refractivity contribution is 0.304. The molecule has 0 saturated carbocycles. The Labute approximate surface area is 103 Å². The van der Waals surface area contributed by atoms with Crippen molar-refractivity contribution in [2.75, 3.05) is 37.0 Å².